The molecule has 6 nitrogen and oxygen atoms in total. The lowest BCUT2D eigenvalue weighted by atomic mass is 10.1. The number of ether oxygens (including phenoxy) is 1. The van der Waals surface area contributed by atoms with Gasteiger partial charge in [0.25, 0.3) is 5.91 Å². The Hall–Kier alpha value is -4.19. The van der Waals surface area contributed by atoms with Gasteiger partial charge in [-0.15, -0.1) is 10.2 Å². The Balaban J connectivity index is 1.32. The number of aromatic nitrogens is 3. The summed E-state index contributed by atoms with van der Waals surface area (Å²) in [5.74, 6) is 0.459. The zero-order chi connectivity index (χ0) is 22.8. The molecule has 0 saturated heterocycles. The Morgan fingerprint density at radius 2 is 1.67 bits per heavy atom. The summed E-state index contributed by atoms with van der Waals surface area (Å²) in [4.78, 5) is 14.2. The Kier molecular flexibility index (Phi) is 5.48. The number of fused-ring (bicyclic) bond motifs is 2. The molecule has 33 heavy (non-hydrogen) atoms. The summed E-state index contributed by atoms with van der Waals surface area (Å²) >= 11 is 0. The van der Waals surface area contributed by atoms with Crippen LogP contribution in [-0.4, -0.2) is 27.5 Å². The molecule has 5 rings (SSSR count). The van der Waals surface area contributed by atoms with E-state index in [0.717, 1.165) is 34.0 Å². The summed E-state index contributed by atoms with van der Waals surface area (Å²) in [5.41, 5.74) is 5.26. The number of amides is 1. The van der Waals surface area contributed by atoms with Crippen LogP contribution in [0.1, 0.15) is 18.1 Å². The molecule has 1 N–H and O–H groups in total. The van der Waals surface area contributed by atoms with Crippen molar-refractivity contribution in [2.24, 2.45) is 0 Å². The third kappa shape index (κ3) is 4.28. The summed E-state index contributed by atoms with van der Waals surface area (Å²) in [6.45, 7) is 3.98. The van der Waals surface area contributed by atoms with Crippen molar-refractivity contribution in [2.75, 3.05) is 11.9 Å². The van der Waals surface area contributed by atoms with Gasteiger partial charge in [0.1, 0.15) is 16.8 Å². The number of nitrogens with one attached hydrogen (secondary N) is 1. The van der Waals surface area contributed by atoms with Gasteiger partial charge >= 0.3 is 0 Å². The molecule has 4 aromatic carbocycles. The van der Waals surface area contributed by atoms with E-state index in [9.17, 15) is 4.79 Å². The molecule has 0 unspecified atom stereocenters. The van der Waals surface area contributed by atoms with E-state index in [1.165, 1.54) is 5.56 Å². The van der Waals surface area contributed by atoms with E-state index in [1.54, 1.807) is 4.80 Å². The first-order chi connectivity index (χ1) is 16.1. The Labute approximate surface area is 191 Å². The van der Waals surface area contributed by atoms with E-state index >= 15 is 0 Å². The number of hydrogen-bond acceptors (Lipinski definition) is 4. The maximum absolute atomic E-state index is 12.6. The molecular formula is C27H24N4O2. The standard InChI is InChI=1S/C27H24N4O2/c1-3-19-11-13-21(14-12-19)31-29-24-15-18(2)23(16-25(24)30-31)28-27(32)17-33-26-10-6-8-20-7-4-5-9-22(20)26/h4-16H,3,17H2,1-2H3,(H,28,32). The molecule has 6 heteroatoms. The molecule has 0 spiro atoms. The highest BCUT2D eigenvalue weighted by Crippen LogP contribution is 2.26. The molecule has 1 aromatic heterocycles. The average molecular weight is 437 g/mol. The highest BCUT2D eigenvalue weighted by molar-refractivity contribution is 5.95. The van der Waals surface area contributed by atoms with E-state index in [1.807, 2.05) is 73.7 Å². The monoisotopic (exact) mass is 436 g/mol. The van der Waals surface area contributed by atoms with E-state index in [-0.39, 0.29) is 12.5 Å². The second-order valence-electron chi connectivity index (χ2n) is 7.98. The van der Waals surface area contributed by atoms with Gasteiger partial charge in [-0.05, 0) is 60.2 Å². The van der Waals surface area contributed by atoms with Crippen molar-refractivity contribution >= 4 is 33.4 Å². The molecule has 0 bridgehead atoms. The maximum atomic E-state index is 12.6. The van der Waals surface area contributed by atoms with Gasteiger partial charge in [0, 0.05) is 11.1 Å². The number of nitrogens with zero attached hydrogens (tertiary/aromatic N) is 3. The molecule has 0 aliphatic carbocycles. The van der Waals surface area contributed by atoms with E-state index in [4.69, 9.17) is 4.74 Å². The Morgan fingerprint density at radius 3 is 2.45 bits per heavy atom. The minimum Gasteiger partial charge on any atom is -0.483 e. The molecule has 0 saturated carbocycles. The van der Waals surface area contributed by atoms with E-state index in [2.05, 4.69) is 34.6 Å². The lowest BCUT2D eigenvalue weighted by Gasteiger charge is -2.11. The van der Waals surface area contributed by atoms with Crippen molar-refractivity contribution in [1.82, 2.24) is 15.0 Å². The van der Waals surface area contributed by atoms with Gasteiger partial charge in [0.05, 0.1) is 5.69 Å². The van der Waals surface area contributed by atoms with Crippen LogP contribution in [0.25, 0.3) is 27.5 Å². The molecule has 5 aromatic rings. The minimum atomic E-state index is -0.229. The van der Waals surface area contributed by atoms with Crippen molar-refractivity contribution in [2.45, 2.75) is 20.3 Å². The number of anilines is 1. The first-order valence-electron chi connectivity index (χ1n) is 11.0. The number of carbonyl (C=O) groups excluding carboxylic acids is 1. The highest BCUT2D eigenvalue weighted by atomic mass is 16.5. The van der Waals surface area contributed by atoms with E-state index < -0.39 is 0 Å². The van der Waals surface area contributed by atoms with Crippen LogP contribution in [-0.2, 0) is 11.2 Å². The Bertz CT molecular complexity index is 1450. The number of carbonyl (C=O) groups is 1. The van der Waals surface area contributed by atoms with Crippen LogP contribution in [0.3, 0.4) is 0 Å². The van der Waals surface area contributed by atoms with Crippen LogP contribution in [0.4, 0.5) is 5.69 Å². The predicted octanol–water partition coefficient (Wildman–Crippen LogP) is 5.46. The van der Waals surface area contributed by atoms with Crippen LogP contribution < -0.4 is 10.1 Å². The largest absolute Gasteiger partial charge is 0.483 e. The number of benzene rings is 4. The fourth-order valence-corrected chi connectivity index (χ4v) is 3.83. The first-order valence-corrected chi connectivity index (χ1v) is 11.0. The fourth-order valence-electron chi connectivity index (χ4n) is 3.83. The topological polar surface area (TPSA) is 69.0 Å². The maximum Gasteiger partial charge on any atom is 0.262 e. The molecule has 0 radical (unpaired) electrons. The van der Waals surface area contributed by atoms with Gasteiger partial charge in [-0.2, -0.15) is 4.80 Å². The summed E-state index contributed by atoms with van der Waals surface area (Å²) < 4.78 is 5.82. The number of aryl methyl sites for hydroxylation is 2. The summed E-state index contributed by atoms with van der Waals surface area (Å²) in [7, 11) is 0. The van der Waals surface area contributed by atoms with Crippen LogP contribution in [0.15, 0.2) is 78.9 Å². The molecule has 164 valence electrons. The van der Waals surface area contributed by atoms with E-state index in [0.29, 0.717) is 17.0 Å². The summed E-state index contributed by atoms with van der Waals surface area (Å²) in [6, 6.07) is 25.7. The lowest BCUT2D eigenvalue weighted by molar-refractivity contribution is -0.118. The van der Waals surface area contributed by atoms with Crippen LogP contribution in [0.2, 0.25) is 0 Å². The van der Waals surface area contributed by atoms with Gasteiger partial charge < -0.3 is 10.1 Å². The minimum absolute atomic E-state index is 0.0814. The highest BCUT2D eigenvalue weighted by Gasteiger charge is 2.12. The van der Waals surface area contributed by atoms with Crippen LogP contribution in [0.5, 0.6) is 5.75 Å². The fraction of sp³-hybridized carbons (Fsp3) is 0.148. The average Bonchev–Trinajstić information content (AvgIpc) is 3.25. The second-order valence-corrected chi connectivity index (χ2v) is 7.98. The van der Waals surface area contributed by atoms with Gasteiger partial charge in [-0.25, -0.2) is 0 Å². The normalized spacial score (nSPS) is 11.1. The smallest absolute Gasteiger partial charge is 0.262 e. The van der Waals surface area contributed by atoms with Gasteiger partial charge in [-0.3, -0.25) is 4.79 Å². The SMILES string of the molecule is CCc1ccc(-n2nc3cc(C)c(NC(=O)COc4cccc5ccccc45)cc3n2)cc1. The first kappa shape index (κ1) is 20.7. The lowest BCUT2D eigenvalue weighted by Crippen LogP contribution is -2.20. The van der Waals surface area contributed by atoms with Crippen molar-refractivity contribution in [3.63, 3.8) is 0 Å². The zero-order valence-electron chi connectivity index (χ0n) is 18.6. The van der Waals surface area contributed by atoms with Gasteiger partial charge in [-0.1, -0.05) is 55.5 Å². The predicted molar refractivity (Wildman–Crippen MR) is 131 cm³/mol. The zero-order valence-corrected chi connectivity index (χ0v) is 18.6. The molecule has 1 heterocycles. The molecule has 1 amide bonds. The second kappa shape index (κ2) is 8.74. The third-order valence-electron chi connectivity index (χ3n) is 5.68. The quantitative estimate of drug-likeness (QED) is 0.384. The van der Waals surface area contributed by atoms with Crippen molar-refractivity contribution in [3.8, 4) is 11.4 Å². The third-order valence-corrected chi connectivity index (χ3v) is 5.68. The van der Waals surface area contributed by atoms with Crippen molar-refractivity contribution in [3.05, 3.63) is 90.0 Å². The molecular weight excluding hydrogens is 412 g/mol. The summed E-state index contributed by atoms with van der Waals surface area (Å²) in [5, 5.41) is 14.2. The number of hydrogen-bond donors (Lipinski definition) is 1. The van der Waals surface area contributed by atoms with Crippen molar-refractivity contribution in [1.29, 1.82) is 0 Å². The molecule has 0 aliphatic heterocycles. The van der Waals surface area contributed by atoms with Crippen LogP contribution in [0, 0.1) is 6.92 Å². The van der Waals surface area contributed by atoms with Crippen molar-refractivity contribution < 1.29 is 9.53 Å². The van der Waals surface area contributed by atoms with Gasteiger partial charge in [0.15, 0.2) is 6.61 Å². The van der Waals surface area contributed by atoms with Gasteiger partial charge in [0.2, 0.25) is 0 Å². The Morgan fingerprint density at radius 1 is 0.939 bits per heavy atom. The summed E-state index contributed by atoms with van der Waals surface area (Å²) in [6.07, 6.45) is 0.987. The molecule has 0 fully saturated rings. The number of rotatable bonds is 6. The van der Waals surface area contributed by atoms with Crippen LogP contribution >= 0.6 is 0 Å². The molecule has 0 atom stereocenters. The molecule has 0 aliphatic rings.